The topological polar surface area (TPSA) is 73.1 Å². The molecule has 88 valence electrons. The van der Waals surface area contributed by atoms with Gasteiger partial charge in [-0.3, -0.25) is 15.8 Å². The van der Waals surface area contributed by atoms with Gasteiger partial charge in [-0.05, 0) is 25.1 Å². The summed E-state index contributed by atoms with van der Waals surface area (Å²) in [6, 6.07) is 5.55. The first-order valence-electron chi connectivity index (χ1n) is 5.34. The maximum atomic E-state index is 5.39. The Kier molecular flexibility index (Phi) is 3.52. The van der Waals surface area contributed by atoms with Gasteiger partial charge in [0, 0.05) is 18.0 Å². The fourth-order valence-corrected chi connectivity index (χ4v) is 1.48. The van der Waals surface area contributed by atoms with E-state index in [1.165, 1.54) is 0 Å². The molecule has 0 aromatic carbocycles. The minimum absolute atomic E-state index is 0.614. The molecule has 0 fully saturated rings. The monoisotopic (exact) mass is 230 g/mol. The second-order valence-electron chi connectivity index (χ2n) is 3.42. The van der Waals surface area contributed by atoms with Crippen molar-refractivity contribution in [1.29, 1.82) is 0 Å². The van der Waals surface area contributed by atoms with E-state index in [9.17, 15) is 0 Å². The van der Waals surface area contributed by atoms with Crippen LogP contribution in [0.25, 0.3) is 11.3 Å². The fourth-order valence-electron chi connectivity index (χ4n) is 1.48. The first-order chi connectivity index (χ1) is 8.33. The van der Waals surface area contributed by atoms with E-state index in [-0.39, 0.29) is 0 Å². The number of nitrogens with zero attached hydrogens (tertiary/aromatic N) is 2. The molecule has 5 heteroatoms. The summed E-state index contributed by atoms with van der Waals surface area (Å²) >= 11 is 0. The Morgan fingerprint density at radius 3 is 3.00 bits per heavy atom. The molecule has 2 heterocycles. The third-order valence-electron chi connectivity index (χ3n) is 2.25. The molecule has 2 rings (SSSR count). The molecule has 3 N–H and O–H groups in total. The highest BCUT2D eigenvalue weighted by atomic mass is 16.5. The van der Waals surface area contributed by atoms with Crippen LogP contribution in [-0.2, 0) is 0 Å². The van der Waals surface area contributed by atoms with Gasteiger partial charge in [0.05, 0.1) is 24.2 Å². The quantitative estimate of drug-likeness (QED) is 0.619. The molecule has 0 saturated carbocycles. The normalized spacial score (nSPS) is 10.0. The van der Waals surface area contributed by atoms with Gasteiger partial charge in [-0.1, -0.05) is 0 Å². The van der Waals surface area contributed by atoms with Crippen molar-refractivity contribution in [1.82, 2.24) is 9.97 Å². The van der Waals surface area contributed by atoms with Crippen LogP contribution in [0.3, 0.4) is 0 Å². The van der Waals surface area contributed by atoms with E-state index in [2.05, 4.69) is 15.4 Å². The van der Waals surface area contributed by atoms with Gasteiger partial charge in [0.1, 0.15) is 5.75 Å². The third kappa shape index (κ3) is 2.70. The van der Waals surface area contributed by atoms with Crippen LogP contribution in [0.4, 0.5) is 5.69 Å². The second-order valence-corrected chi connectivity index (χ2v) is 3.42. The number of hydrogen-bond donors (Lipinski definition) is 2. The molecule has 0 amide bonds. The van der Waals surface area contributed by atoms with Crippen molar-refractivity contribution in [2.75, 3.05) is 12.0 Å². The smallest absolute Gasteiger partial charge is 0.138 e. The first-order valence-corrected chi connectivity index (χ1v) is 5.34. The van der Waals surface area contributed by atoms with Gasteiger partial charge in [0.15, 0.2) is 0 Å². The largest absolute Gasteiger partial charge is 0.492 e. The highest BCUT2D eigenvalue weighted by molar-refractivity contribution is 5.64. The molecule has 0 bridgehead atoms. The molecule has 0 radical (unpaired) electrons. The minimum atomic E-state index is 0.614. The van der Waals surface area contributed by atoms with Gasteiger partial charge < -0.3 is 10.2 Å². The molecule has 0 aliphatic carbocycles. The van der Waals surface area contributed by atoms with E-state index >= 15 is 0 Å². The number of ether oxygens (including phenoxy) is 1. The summed E-state index contributed by atoms with van der Waals surface area (Å²) in [5.41, 5.74) is 5.08. The Hall–Kier alpha value is -2.14. The van der Waals surface area contributed by atoms with Crippen LogP contribution < -0.4 is 16.0 Å². The molecule has 2 aromatic rings. The van der Waals surface area contributed by atoms with Gasteiger partial charge in [-0.25, -0.2) is 0 Å². The van der Waals surface area contributed by atoms with Crippen molar-refractivity contribution in [2.24, 2.45) is 5.84 Å². The summed E-state index contributed by atoms with van der Waals surface area (Å²) in [6.45, 7) is 2.55. The van der Waals surface area contributed by atoms with Crippen LogP contribution in [0, 0.1) is 0 Å². The molecule has 0 aliphatic rings. The van der Waals surface area contributed by atoms with E-state index in [1.54, 1.807) is 24.7 Å². The van der Waals surface area contributed by atoms with E-state index in [1.807, 2.05) is 19.1 Å². The number of pyridine rings is 2. The van der Waals surface area contributed by atoms with E-state index < -0.39 is 0 Å². The number of nitrogens with one attached hydrogen (secondary N) is 1. The zero-order chi connectivity index (χ0) is 12.1. The maximum Gasteiger partial charge on any atom is 0.138 e. The first kappa shape index (κ1) is 11.3. The number of rotatable bonds is 4. The maximum absolute atomic E-state index is 5.39. The van der Waals surface area contributed by atoms with Crippen molar-refractivity contribution in [3.05, 3.63) is 36.8 Å². The summed E-state index contributed by atoms with van der Waals surface area (Å²) in [7, 11) is 0. The van der Waals surface area contributed by atoms with E-state index in [0.717, 1.165) is 22.7 Å². The van der Waals surface area contributed by atoms with Gasteiger partial charge in [0.25, 0.3) is 0 Å². The van der Waals surface area contributed by atoms with E-state index in [4.69, 9.17) is 10.6 Å². The van der Waals surface area contributed by atoms with Crippen molar-refractivity contribution in [3.63, 3.8) is 0 Å². The lowest BCUT2D eigenvalue weighted by atomic mass is 10.2. The average molecular weight is 230 g/mol. The lowest BCUT2D eigenvalue weighted by molar-refractivity contribution is 0.339. The summed E-state index contributed by atoms with van der Waals surface area (Å²) in [6.07, 6.45) is 5.11. The third-order valence-corrected chi connectivity index (χ3v) is 2.25. The predicted octanol–water partition coefficient (Wildman–Crippen LogP) is 1.83. The molecule has 0 atom stereocenters. The zero-order valence-corrected chi connectivity index (χ0v) is 9.55. The van der Waals surface area contributed by atoms with Crippen LogP contribution in [-0.4, -0.2) is 16.6 Å². The number of hydrazine groups is 1. The molecular weight excluding hydrogens is 216 g/mol. The zero-order valence-electron chi connectivity index (χ0n) is 9.55. The summed E-state index contributed by atoms with van der Waals surface area (Å²) in [5, 5.41) is 0. The average Bonchev–Trinajstić information content (AvgIpc) is 2.40. The molecule has 0 saturated heterocycles. The molecule has 0 spiro atoms. The highest BCUT2D eigenvalue weighted by Crippen LogP contribution is 2.22. The van der Waals surface area contributed by atoms with Crippen LogP contribution in [0.15, 0.2) is 36.8 Å². The Labute approximate surface area is 99.6 Å². The lowest BCUT2D eigenvalue weighted by Gasteiger charge is -2.06. The SMILES string of the molecule is CCOc1cncc(-c2cc(NN)ccn2)c1. The van der Waals surface area contributed by atoms with Gasteiger partial charge in [0.2, 0.25) is 0 Å². The van der Waals surface area contributed by atoms with Crippen molar-refractivity contribution in [2.45, 2.75) is 6.92 Å². The number of nitrogens with two attached hydrogens (primary N) is 1. The summed E-state index contributed by atoms with van der Waals surface area (Å²) in [4.78, 5) is 8.39. The molecular formula is C12H14N4O. The fraction of sp³-hybridized carbons (Fsp3) is 0.167. The number of anilines is 1. The van der Waals surface area contributed by atoms with Crippen molar-refractivity contribution in [3.8, 4) is 17.0 Å². The molecule has 17 heavy (non-hydrogen) atoms. The molecule has 0 unspecified atom stereocenters. The highest BCUT2D eigenvalue weighted by Gasteiger charge is 2.02. The Morgan fingerprint density at radius 2 is 2.24 bits per heavy atom. The van der Waals surface area contributed by atoms with Crippen LogP contribution >= 0.6 is 0 Å². The van der Waals surface area contributed by atoms with Gasteiger partial charge in [-0.2, -0.15) is 0 Å². The molecule has 0 aliphatic heterocycles. The predicted molar refractivity (Wildman–Crippen MR) is 66.4 cm³/mol. The standard InChI is InChI=1S/C12H14N4O/c1-2-17-11-5-9(7-14-8-11)12-6-10(16-13)3-4-15-12/h3-8H,2,13H2,1H3,(H,15,16). The number of hydrogen-bond acceptors (Lipinski definition) is 5. The Bertz CT molecular complexity index is 501. The minimum Gasteiger partial charge on any atom is -0.492 e. The Balaban J connectivity index is 2.34. The Morgan fingerprint density at radius 1 is 1.35 bits per heavy atom. The van der Waals surface area contributed by atoms with Gasteiger partial charge in [-0.15, -0.1) is 0 Å². The molecule has 2 aromatic heterocycles. The number of aromatic nitrogens is 2. The van der Waals surface area contributed by atoms with Crippen LogP contribution in [0.2, 0.25) is 0 Å². The van der Waals surface area contributed by atoms with Crippen molar-refractivity contribution < 1.29 is 4.74 Å². The van der Waals surface area contributed by atoms with Crippen LogP contribution in [0.1, 0.15) is 6.92 Å². The number of nitrogen functional groups attached to an aromatic ring is 1. The lowest BCUT2D eigenvalue weighted by Crippen LogP contribution is -2.06. The summed E-state index contributed by atoms with van der Waals surface area (Å²) < 4.78 is 5.39. The second kappa shape index (κ2) is 5.27. The van der Waals surface area contributed by atoms with Crippen LogP contribution in [0.5, 0.6) is 5.75 Å². The van der Waals surface area contributed by atoms with Gasteiger partial charge >= 0.3 is 0 Å². The molecule has 5 nitrogen and oxygen atoms in total. The summed E-state index contributed by atoms with van der Waals surface area (Å²) in [5.74, 6) is 6.09. The van der Waals surface area contributed by atoms with E-state index in [0.29, 0.717) is 6.61 Å². The van der Waals surface area contributed by atoms with Crippen molar-refractivity contribution >= 4 is 5.69 Å².